The Bertz CT molecular complexity index is 342. The zero-order valence-electron chi connectivity index (χ0n) is 11.3. The third-order valence-electron chi connectivity index (χ3n) is 4.79. The predicted molar refractivity (Wildman–Crippen MR) is 77.3 cm³/mol. The second kappa shape index (κ2) is 5.16. The Morgan fingerprint density at radius 1 is 1.06 bits per heavy atom. The van der Waals surface area contributed by atoms with Crippen LogP contribution in [0.4, 0.5) is 0 Å². The van der Waals surface area contributed by atoms with Crippen molar-refractivity contribution >= 4 is 23.1 Å². The minimum Gasteiger partial charge on any atom is -0.391 e. The average molecular weight is 268 g/mol. The molecule has 3 nitrogen and oxygen atoms in total. The molecule has 18 heavy (non-hydrogen) atoms. The summed E-state index contributed by atoms with van der Waals surface area (Å²) in [6.45, 7) is 2.07. The van der Waals surface area contributed by atoms with E-state index in [9.17, 15) is 4.79 Å². The van der Waals surface area contributed by atoms with Crippen molar-refractivity contribution in [3.05, 3.63) is 0 Å². The summed E-state index contributed by atoms with van der Waals surface area (Å²) in [5.41, 5.74) is 5.30. The van der Waals surface area contributed by atoms with Crippen molar-refractivity contribution < 1.29 is 4.79 Å². The van der Waals surface area contributed by atoms with Crippen molar-refractivity contribution in [3.63, 3.8) is 0 Å². The van der Waals surface area contributed by atoms with Crippen molar-refractivity contribution in [3.8, 4) is 0 Å². The standard InChI is InChI=1S/C14H24N2OS/c1-13(7-5-6-8-13)12(17)16-14(11(15)18)9-3-2-4-10-14/h2-10H2,1H3,(H2,15,18)(H,16,17). The van der Waals surface area contributed by atoms with Gasteiger partial charge in [0.1, 0.15) is 0 Å². The molecule has 0 aliphatic heterocycles. The highest BCUT2D eigenvalue weighted by atomic mass is 32.1. The van der Waals surface area contributed by atoms with Gasteiger partial charge in [-0.25, -0.2) is 0 Å². The molecule has 0 bridgehead atoms. The lowest BCUT2D eigenvalue weighted by molar-refractivity contribution is -0.131. The van der Waals surface area contributed by atoms with E-state index in [1.54, 1.807) is 0 Å². The summed E-state index contributed by atoms with van der Waals surface area (Å²) in [5.74, 6) is 0.162. The molecule has 1 amide bonds. The van der Waals surface area contributed by atoms with Crippen LogP contribution in [0, 0.1) is 5.41 Å². The van der Waals surface area contributed by atoms with Crippen LogP contribution >= 0.6 is 12.2 Å². The Morgan fingerprint density at radius 2 is 1.56 bits per heavy atom. The fraction of sp³-hybridized carbons (Fsp3) is 0.857. The van der Waals surface area contributed by atoms with Gasteiger partial charge >= 0.3 is 0 Å². The first-order valence-electron chi connectivity index (χ1n) is 7.11. The van der Waals surface area contributed by atoms with Crippen LogP contribution in [0.2, 0.25) is 0 Å². The Kier molecular flexibility index (Phi) is 3.95. The Morgan fingerprint density at radius 3 is 2.06 bits per heavy atom. The molecule has 2 rings (SSSR count). The number of rotatable bonds is 3. The van der Waals surface area contributed by atoms with E-state index >= 15 is 0 Å². The molecule has 0 atom stereocenters. The van der Waals surface area contributed by atoms with Gasteiger partial charge in [0.15, 0.2) is 0 Å². The Balaban J connectivity index is 2.09. The largest absolute Gasteiger partial charge is 0.391 e. The molecular weight excluding hydrogens is 244 g/mol. The van der Waals surface area contributed by atoms with Crippen molar-refractivity contribution in [2.75, 3.05) is 0 Å². The number of carbonyl (C=O) groups is 1. The molecular formula is C14H24N2OS. The highest BCUT2D eigenvalue weighted by Crippen LogP contribution is 2.39. The van der Waals surface area contributed by atoms with Gasteiger partial charge in [-0.15, -0.1) is 0 Å². The molecule has 0 aromatic carbocycles. The van der Waals surface area contributed by atoms with E-state index in [0.717, 1.165) is 51.4 Å². The van der Waals surface area contributed by atoms with E-state index in [2.05, 4.69) is 12.2 Å². The quantitative estimate of drug-likeness (QED) is 0.774. The topological polar surface area (TPSA) is 55.1 Å². The molecule has 0 saturated heterocycles. The van der Waals surface area contributed by atoms with E-state index in [4.69, 9.17) is 18.0 Å². The molecule has 4 heteroatoms. The number of nitrogens with two attached hydrogens (primary N) is 1. The first-order chi connectivity index (χ1) is 8.49. The third kappa shape index (κ3) is 2.53. The number of hydrogen-bond acceptors (Lipinski definition) is 2. The number of hydrogen-bond donors (Lipinski definition) is 2. The maximum Gasteiger partial charge on any atom is 0.226 e. The number of amides is 1. The van der Waals surface area contributed by atoms with Crippen molar-refractivity contribution in [2.24, 2.45) is 11.1 Å². The molecule has 0 aromatic heterocycles. The van der Waals surface area contributed by atoms with Gasteiger partial charge in [-0.3, -0.25) is 4.79 Å². The van der Waals surface area contributed by atoms with E-state index in [0.29, 0.717) is 4.99 Å². The highest BCUT2D eigenvalue weighted by Gasteiger charge is 2.42. The van der Waals surface area contributed by atoms with Crippen molar-refractivity contribution in [1.82, 2.24) is 5.32 Å². The Hall–Kier alpha value is -0.640. The van der Waals surface area contributed by atoms with Crippen LogP contribution in [0.1, 0.15) is 64.7 Å². The van der Waals surface area contributed by atoms with E-state index in [1.807, 2.05) is 0 Å². The molecule has 0 unspecified atom stereocenters. The first-order valence-corrected chi connectivity index (χ1v) is 7.52. The van der Waals surface area contributed by atoms with Crippen LogP contribution in [0.25, 0.3) is 0 Å². The smallest absolute Gasteiger partial charge is 0.226 e. The van der Waals surface area contributed by atoms with Crippen LogP contribution in [-0.2, 0) is 4.79 Å². The van der Waals surface area contributed by atoms with Crippen molar-refractivity contribution in [2.45, 2.75) is 70.3 Å². The summed E-state index contributed by atoms with van der Waals surface area (Å²) >= 11 is 5.22. The molecule has 2 fully saturated rings. The first kappa shape index (κ1) is 13.8. The molecule has 2 aliphatic rings. The molecule has 0 radical (unpaired) electrons. The molecule has 0 aromatic rings. The van der Waals surface area contributed by atoms with Gasteiger partial charge in [0.05, 0.1) is 10.5 Å². The van der Waals surface area contributed by atoms with E-state index in [-0.39, 0.29) is 11.3 Å². The van der Waals surface area contributed by atoms with Gasteiger partial charge in [-0.1, -0.05) is 51.2 Å². The summed E-state index contributed by atoms with van der Waals surface area (Å²) in [5, 5.41) is 3.21. The lowest BCUT2D eigenvalue weighted by Gasteiger charge is -2.39. The number of carbonyl (C=O) groups excluding carboxylic acids is 1. The van der Waals surface area contributed by atoms with Gasteiger partial charge in [-0.2, -0.15) is 0 Å². The molecule has 2 aliphatic carbocycles. The Labute approximate surface area is 115 Å². The summed E-state index contributed by atoms with van der Waals surface area (Å²) < 4.78 is 0. The lowest BCUT2D eigenvalue weighted by atomic mass is 9.79. The summed E-state index contributed by atoms with van der Waals surface area (Å²) in [6, 6.07) is 0. The minimum absolute atomic E-state index is 0.162. The molecule has 2 saturated carbocycles. The lowest BCUT2D eigenvalue weighted by Crippen LogP contribution is -2.60. The minimum atomic E-state index is -0.406. The number of nitrogens with one attached hydrogen (secondary N) is 1. The van der Waals surface area contributed by atoms with Gasteiger partial charge in [-0.05, 0) is 25.7 Å². The SMILES string of the molecule is CC1(C(=O)NC2(C(N)=S)CCCCC2)CCCC1. The third-order valence-corrected chi connectivity index (χ3v) is 5.18. The van der Waals surface area contributed by atoms with E-state index in [1.165, 1.54) is 6.42 Å². The summed E-state index contributed by atoms with van der Waals surface area (Å²) in [4.78, 5) is 13.0. The maximum atomic E-state index is 12.5. The zero-order valence-corrected chi connectivity index (χ0v) is 12.1. The van der Waals surface area contributed by atoms with Crippen LogP contribution < -0.4 is 11.1 Å². The molecule has 0 heterocycles. The van der Waals surface area contributed by atoms with Crippen molar-refractivity contribution in [1.29, 1.82) is 0 Å². The molecule has 102 valence electrons. The fourth-order valence-corrected chi connectivity index (χ4v) is 3.59. The van der Waals surface area contributed by atoms with Crippen LogP contribution in [0.5, 0.6) is 0 Å². The van der Waals surface area contributed by atoms with Gasteiger partial charge in [0.25, 0.3) is 0 Å². The van der Waals surface area contributed by atoms with Crippen LogP contribution in [0.15, 0.2) is 0 Å². The fourth-order valence-electron chi connectivity index (χ4n) is 3.34. The number of thiocarbonyl (C=S) groups is 1. The zero-order chi connectivity index (χ0) is 13.2. The van der Waals surface area contributed by atoms with Gasteiger partial charge in [0, 0.05) is 5.41 Å². The van der Waals surface area contributed by atoms with Gasteiger partial charge < -0.3 is 11.1 Å². The van der Waals surface area contributed by atoms with E-state index < -0.39 is 5.54 Å². The molecule has 3 N–H and O–H groups in total. The highest BCUT2D eigenvalue weighted by molar-refractivity contribution is 7.80. The maximum absolute atomic E-state index is 12.5. The second-order valence-corrected chi connectivity index (χ2v) is 6.67. The summed E-state index contributed by atoms with van der Waals surface area (Å²) in [6.07, 6.45) is 9.54. The molecule has 0 spiro atoms. The van der Waals surface area contributed by atoms with Crippen LogP contribution in [0.3, 0.4) is 0 Å². The van der Waals surface area contributed by atoms with Gasteiger partial charge in [0.2, 0.25) is 5.91 Å². The van der Waals surface area contributed by atoms with Crippen LogP contribution in [-0.4, -0.2) is 16.4 Å². The monoisotopic (exact) mass is 268 g/mol. The second-order valence-electron chi connectivity index (χ2n) is 6.23. The average Bonchev–Trinajstić information content (AvgIpc) is 2.78. The summed E-state index contributed by atoms with van der Waals surface area (Å²) in [7, 11) is 0. The predicted octanol–water partition coefficient (Wildman–Crippen LogP) is 2.67. The normalized spacial score (nSPS) is 25.6.